The molecule has 0 spiro atoms. The standard InChI is InChI=1S/C11H17O/c12-11-8-4-2-6-9-5-1-3-7-10(9)11/h6,9-10H,1-5,7-8H2. The van der Waals surface area contributed by atoms with E-state index < -0.39 is 0 Å². The van der Waals surface area contributed by atoms with Gasteiger partial charge in [-0.3, -0.25) is 4.79 Å². The van der Waals surface area contributed by atoms with Crippen molar-refractivity contribution in [3.63, 3.8) is 0 Å². The normalized spacial score (nSPS) is 37.2. The van der Waals surface area contributed by atoms with Gasteiger partial charge in [0, 0.05) is 12.3 Å². The van der Waals surface area contributed by atoms with Crippen LogP contribution in [0.5, 0.6) is 0 Å². The zero-order valence-electron chi connectivity index (χ0n) is 7.59. The van der Waals surface area contributed by atoms with Gasteiger partial charge in [0.25, 0.3) is 0 Å². The summed E-state index contributed by atoms with van der Waals surface area (Å²) < 4.78 is 0. The minimum atomic E-state index is 0.418. The van der Waals surface area contributed by atoms with Crippen LogP contribution in [0.4, 0.5) is 0 Å². The molecule has 2 saturated carbocycles. The minimum absolute atomic E-state index is 0.418. The number of fused-ring (bicyclic) bond motifs is 1. The maximum atomic E-state index is 11.6. The second-order valence-electron chi connectivity index (χ2n) is 4.15. The highest BCUT2D eigenvalue weighted by Crippen LogP contribution is 2.36. The predicted molar refractivity (Wildman–Crippen MR) is 48.6 cm³/mol. The van der Waals surface area contributed by atoms with Gasteiger partial charge in [0.1, 0.15) is 5.78 Å². The van der Waals surface area contributed by atoms with Crippen LogP contribution < -0.4 is 0 Å². The van der Waals surface area contributed by atoms with Crippen LogP contribution in [0.3, 0.4) is 0 Å². The van der Waals surface area contributed by atoms with E-state index in [1.807, 2.05) is 0 Å². The van der Waals surface area contributed by atoms with Gasteiger partial charge in [-0.2, -0.15) is 0 Å². The van der Waals surface area contributed by atoms with E-state index >= 15 is 0 Å². The number of hydrogen-bond donors (Lipinski definition) is 0. The molecule has 0 saturated heterocycles. The molecule has 1 radical (unpaired) electrons. The van der Waals surface area contributed by atoms with Crippen molar-refractivity contribution in [2.45, 2.75) is 44.9 Å². The Morgan fingerprint density at radius 3 is 2.92 bits per heavy atom. The summed E-state index contributed by atoms with van der Waals surface area (Å²) in [4.78, 5) is 11.6. The smallest absolute Gasteiger partial charge is 0.136 e. The van der Waals surface area contributed by atoms with Gasteiger partial charge >= 0.3 is 0 Å². The lowest BCUT2D eigenvalue weighted by Gasteiger charge is -2.28. The maximum absolute atomic E-state index is 11.6. The zero-order chi connectivity index (χ0) is 8.39. The molecule has 0 heterocycles. The van der Waals surface area contributed by atoms with Gasteiger partial charge in [0.2, 0.25) is 0 Å². The fourth-order valence-electron chi connectivity index (χ4n) is 2.64. The van der Waals surface area contributed by atoms with Crippen molar-refractivity contribution >= 4 is 5.78 Å². The Balaban J connectivity index is 2.06. The van der Waals surface area contributed by atoms with Crippen molar-refractivity contribution in [1.29, 1.82) is 0 Å². The van der Waals surface area contributed by atoms with Crippen LogP contribution in [-0.2, 0) is 4.79 Å². The summed E-state index contributed by atoms with van der Waals surface area (Å²) in [6.45, 7) is 0. The second kappa shape index (κ2) is 3.59. The Labute approximate surface area is 74.5 Å². The van der Waals surface area contributed by atoms with Crippen molar-refractivity contribution in [3.05, 3.63) is 6.42 Å². The van der Waals surface area contributed by atoms with Gasteiger partial charge in [-0.15, -0.1) is 0 Å². The monoisotopic (exact) mass is 165 g/mol. The van der Waals surface area contributed by atoms with Crippen LogP contribution in [0.25, 0.3) is 0 Å². The zero-order valence-corrected chi connectivity index (χ0v) is 7.59. The molecule has 2 unspecified atom stereocenters. The molecular formula is C11H17O. The summed E-state index contributed by atoms with van der Waals surface area (Å²) in [5, 5.41) is 0. The van der Waals surface area contributed by atoms with Crippen LogP contribution in [0, 0.1) is 18.3 Å². The van der Waals surface area contributed by atoms with E-state index in [0.717, 1.165) is 12.8 Å². The van der Waals surface area contributed by atoms with E-state index in [2.05, 4.69) is 6.42 Å². The lowest BCUT2D eigenvalue weighted by atomic mass is 9.76. The molecule has 1 nitrogen and oxygen atoms in total. The minimum Gasteiger partial charge on any atom is -0.299 e. The second-order valence-corrected chi connectivity index (χ2v) is 4.15. The highest BCUT2D eigenvalue weighted by Gasteiger charge is 2.31. The first-order valence-electron chi connectivity index (χ1n) is 5.24. The molecule has 2 aliphatic rings. The third-order valence-corrected chi connectivity index (χ3v) is 3.33. The summed E-state index contributed by atoms with van der Waals surface area (Å²) >= 11 is 0. The van der Waals surface area contributed by atoms with Gasteiger partial charge in [-0.25, -0.2) is 0 Å². The molecule has 67 valence electrons. The molecule has 2 aliphatic carbocycles. The van der Waals surface area contributed by atoms with Crippen LogP contribution >= 0.6 is 0 Å². The van der Waals surface area contributed by atoms with Crippen molar-refractivity contribution in [2.75, 3.05) is 0 Å². The third-order valence-electron chi connectivity index (χ3n) is 3.33. The summed E-state index contributed by atoms with van der Waals surface area (Å²) in [5.74, 6) is 1.61. The van der Waals surface area contributed by atoms with E-state index in [4.69, 9.17) is 0 Å². The summed E-state index contributed by atoms with van der Waals surface area (Å²) in [6.07, 6.45) is 10.6. The number of rotatable bonds is 0. The molecule has 2 fully saturated rings. The molecule has 2 rings (SSSR count). The molecule has 2 atom stereocenters. The van der Waals surface area contributed by atoms with Crippen molar-refractivity contribution in [2.24, 2.45) is 11.8 Å². The summed E-state index contributed by atoms with van der Waals surface area (Å²) in [6, 6.07) is 0. The number of carbonyl (C=O) groups is 1. The van der Waals surface area contributed by atoms with Crippen LogP contribution in [-0.4, -0.2) is 5.78 Å². The summed E-state index contributed by atoms with van der Waals surface area (Å²) in [7, 11) is 0. The molecule has 1 heteroatoms. The van der Waals surface area contributed by atoms with E-state index in [0.29, 0.717) is 17.6 Å². The van der Waals surface area contributed by atoms with Crippen molar-refractivity contribution in [1.82, 2.24) is 0 Å². The lowest BCUT2D eigenvalue weighted by Crippen LogP contribution is -2.25. The first kappa shape index (κ1) is 8.28. The molecule has 0 amide bonds. The maximum Gasteiger partial charge on any atom is 0.136 e. The van der Waals surface area contributed by atoms with Crippen LogP contribution in [0.15, 0.2) is 0 Å². The molecule has 0 aromatic carbocycles. The number of carbonyl (C=O) groups excluding carboxylic acids is 1. The summed E-state index contributed by atoms with van der Waals surface area (Å²) in [5.41, 5.74) is 0. The molecule has 0 bridgehead atoms. The fourth-order valence-corrected chi connectivity index (χ4v) is 2.64. The molecule has 12 heavy (non-hydrogen) atoms. The van der Waals surface area contributed by atoms with Gasteiger partial charge in [-0.05, 0) is 38.0 Å². The highest BCUT2D eigenvalue weighted by atomic mass is 16.1. The van der Waals surface area contributed by atoms with E-state index in [-0.39, 0.29) is 0 Å². The SMILES string of the molecule is O=C1CCC[CH]C2CCCCC12. The van der Waals surface area contributed by atoms with Gasteiger partial charge in [0.05, 0.1) is 0 Å². The average molecular weight is 165 g/mol. The Kier molecular flexibility index (Phi) is 2.48. The average Bonchev–Trinajstić information content (AvgIpc) is 2.29. The number of ketones is 1. The highest BCUT2D eigenvalue weighted by molar-refractivity contribution is 5.81. The quantitative estimate of drug-likeness (QED) is 0.539. The number of hydrogen-bond acceptors (Lipinski definition) is 1. The van der Waals surface area contributed by atoms with E-state index in [1.165, 1.54) is 32.1 Å². The Morgan fingerprint density at radius 2 is 2.00 bits per heavy atom. The van der Waals surface area contributed by atoms with Gasteiger partial charge in [-0.1, -0.05) is 12.8 Å². The predicted octanol–water partition coefficient (Wildman–Crippen LogP) is 2.75. The van der Waals surface area contributed by atoms with Crippen molar-refractivity contribution < 1.29 is 4.79 Å². The molecular weight excluding hydrogens is 148 g/mol. The Morgan fingerprint density at radius 1 is 1.17 bits per heavy atom. The topological polar surface area (TPSA) is 17.1 Å². The third kappa shape index (κ3) is 1.55. The first-order chi connectivity index (χ1) is 5.88. The largest absolute Gasteiger partial charge is 0.299 e. The van der Waals surface area contributed by atoms with E-state index in [1.54, 1.807) is 0 Å². The van der Waals surface area contributed by atoms with Gasteiger partial charge in [0.15, 0.2) is 0 Å². The van der Waals surface area contributed by atoms with Crippen molar-refractivity contribution in [3.8, 4) is 0 Å². The Hall–Kier alpha value is -0.330. The molecule has 0 aromatic heterocycles. The fraction of sp³-hybridized carbons (Fsp3) is 0.818. The van der Waals surface area contributed by atoms with Crippen LogP contribution in [0.2, 0.25) is 0 Å². The molecule has 0 N–H and O–H groups in total. The van der Waals surface area contributed by atoms with Crippen LogP contribution in [0.1, 0.15) is 44.9 Å². The Bertz CT molecular complexity index is 174. The van der Waals surface area contributed by atoms with Gasteiger partial charge < -0.3 is 0 Å². The molecule has 0 aliphatic heterocycles. The van der Waals surface area contributed by atoms with E-state index in [9.17, 15) is 4.79 Å². The lowest BCUT2D eigenvalue weighted by molar-refractivity contribution is -0.124. The molecule has 0 aromatic rings. The first-order valence-corrected chi connectivity index (χ1v) is 5.24. The number of Topliss-reactive ketones (excluding diaryl/α,β-unsaturated/α-hetero) is 1.